The monoisotopic (exact) mass is 287 g/mol. The normalized spacial score (nSPS) is 16.9. The molecule has 2 unspecified atom stereocenters. The van der Waals surface area contributed by atoms with Crippen molar-refractivity contribution in [2.45, 2.75) is 38.2 Å². The Bertz CT molecular complexity index is 583. The van der Waals surface area contributed by atoms with E-state index in [1.165, 1.54) is 28.8 Å². The molecule has 2 nitrogen and oxygen atoms in total. The van der Waals surface area contributed by atoms with Gasteiger partial charge in [0.05, 0.1) is 6.10 Å². The number of benzene rings is 1. The second-order valence-electron chi connectivity index (χ2n) is 5.65. The summed E-state index contributed by atoms with van der Waals surface area (Å²) >= 11 is 1.77. The van der Waals surface area contributed by atoms with E-state index in [4.69, 9.17) is 5.73 Å². The molecule has 0 bridgehead atoms. The minimum Gasteiger partial charge on any atom is -0.387 e. The van der Waals surface area contributed by atoms with Gasteiger partial charge in [0.2, 0.25) is 0 Å². The van der Waals surface area contributed by atoms with Gasteiger partial charge in [-0.05, 0) is 43.4 Å². The molecule has 2 aromatic rings. The van der Waals surface area contributed by atoms with Crippen LogP contribution in [-0.4, -0.2) is 11.7 Å². The summed E-state index contributed by atoms with van der Waals surface area (Å²) in [5, 5.41) is 10.7. The molecule has 0 amide bonds. The van der Waals surface area contributed by atoms with Gasteiger partial charge in [0, 0.05) is 22.2 Å². The first-order chi connectivity index (χ1) is 9.69. The molecular weight excluding hydrogens is 266 g/mol. The Hall–Kier alpha value is -1.16. The first kappa shape index (κ1) is 13.8. The van der Waals surface area contributed by atoms with Gasteiger partial charge < -0.3 is 10.8 Å². The summed E-state index contributed by atoms with van der Waals surface area (Å²) in [6.45, 7) is 2.54. The van der Waals surface area contributed by atoms with Gasteiger partial charge in [0.1, 0.15) is 0 Å². The van der Waals surface area contributed by atoms with E-state index >= 15 is 0 Å². The van der Waals surface area contributed by atoms with E-state index < -0.39 is 6.10 Å². The maximum atomic E-state index is 10.7. The summed E-state index contributed by atoms with van der Waals surface area (Å²) in [5.41, 5.74) is 9.71. The van der Waals surface area contributed by atoms with Crippen molar-refractivity contribution in [3.05, 3.63) is 56.8 Å². The van der Waals surface area contributed by atoms with Crippen LogP contribution in [0.15, 0.2) is 30.3 Å². The molecule has 2 atom stereocenters. The van der Waals surface area contributed by atoms with Gasteiger partial charge in [-0.2, -0.15) is 0 Å². The number of thiophene rings is 1. The fourth-order valence-electron chi connectivity index (χ4n) is 3.04. The minimum absolute atomic E-state index is 0.0197. The first-order valence-corrected chi connectivity index (χ1v) is 8.07. The molecular formula is C17H21NOS. The van der Waals surface area contributed by atoms with Crippen molar-refractivity contribution in [2.24, 2.45) is 5.73 Å². The Balaban J connectivity index is 1.88. The topological polar surface area (TPSA) is 46.2 Å². The van der Waals surface area contributed by atoms with Crippen molar-refractivity contribution in [3.8, 4) is 0 Å². The van der Waals surface area contributed by atoms with E-state index in [0.29, 0.717) is 6.54 Å². The molecule has 1 aromatic heterocycles. The highest BCUT2D eigenvalue weighted by atomic mass is 32.1. The van der Waals surface area contributed by atoms with Gasteiger partial charge in [-0.3, -0.25) is 0 Å². The lowest BCUT2D eigenvalue weighted by atomic mass is 9.91. The fraction of sp³-hybridized carbons (Fsp3) is 0.412. The van der Waals surface area contributed by atoms with Gasteiger partial charge in [-0.25, -0.2) is 0 Å². The number of aliphatic hydroxyl groups excluding tert-OH is 1. The average molecular weight is 287 g/mol. The van der Waals surface area contributed by atoms with Crippen LogP contribution in [0, 0.1) is 6.92 Å². The van der Waals surface area contributed by atoms with Crippen LogP contribution in [0.25, 0.3) is 0 Å². The molecule has 0 fully saturated rings. The SMILES string of the molecule is Cc1cccc(C(CN)C(O)c2cc3c(s2)CCC3)c1. The van der Waals surface area contributed by atoms with Crippen molar-refractivity contribution in [3.63, 3.8) is 0 Å². The van der Waals surface area contributed by atoms with E-state index in [-0.39, 0.29) is 5.92 Å². The number of aliphatic hydroxyl groups is 1. The summed E-state index contributed by atoms with van der Waals surface area (Å²) < 4.78 is 0. The number of hydrogen-bond donors (Lipinski definition) is 2. The summed E-state index contributed by atoms with van der Waals surface area (Å²) in [6.07, 6.45) is 3.11. The largest absolute Gasteiger partial charge is 0.387 e. The molecule has 1 aromatic carbocycles. The van der Waals surface area contributed by atoms with E-state index in [0.717, 1.165) is 16.9 Å². The third-order valence-electron chi connectivity index (χ3n) is 4.16. The molecule has 20 heavy (non-hydrogen) atoms. The summed E-state index contributed by atoms with van der Waals surface area (Å²) in [4.78, 5) is 2.53. The van der Waals surface area contributed by atoms with E-state index in [9.17, 15) is 5.11 Å². The quantitative estimate of drug-likeness (QED) is 0.906. The van der Waals surface area contributed by atoms with Gasteiger partial charge in [-0.15, -0.1) is 11.3 Å². The number of fused-ring (bicyclic) bond motifs is 1. The van der Waals surface area contributed by atoms with Gasteiger partial charge in [0.25, 0.3) is 0 Å². The van der Waals surface area contributed by atoms with Gasteiger partial charge >= 0.3 is 0 Å². The van der Waals surface area contributed by atoms with E-state index in [2.05, 4.69) is 31.2 Å². The van der Waals surface area contributed by atoms with Crippen molar-refractivity contribution in [1.29, 1.82) is 0 Å². The number of aryl methyl sites for hydroxylation is 3. The van der Waals surface area contributed by atoms with Crippen LogP contribution in [0.4, 0.5) is 0 Å². The highest BCUT2D eigenvalue weighted by molar-refractivity contribution is 7.12. The molecule has 0 saturated carbocycles. The van der Waals surface area contributed by atoms with Crippen LogP contribution in [0.2, 0.25) is 0 Å². The van der Waals surface area contributed by atoms with E-state index in [1.54, 1.807) is 11.3 Å². The van der Waals surface area contributed by atoms with Crippen LogP contribution in [0.1, 0.15) is 44.9 Å². The molecule has 1 aliphatic rings. The standard InChI is InChI=1S/C17H21NOS/c1-11-4-2-5-12(8-11)14(10-18)17(19)16-9-13-6-3-7-15(13)20-16/h2,4-5,8-9,14,17,19H,3,6-7,10,18H2,1H3. The molecule has 106 valence electrons. The van der Waals surface area contributed by atoms with E-state index in [1.807, 2.05) is 6.07 Å². The molecule has 3 N–H and O–H groups in total. The van der Waals surface area contributed by atoms with Crippen LogP contribution in [-0.2, 0) is 12.8 Å². The van der Waals surface area contributed by atoms with Crippen molar-refractivity contribution in [2.75, 3.05) is 6.54 Å². The summed E-state index contributed by atoms with van der Waals surface area (Å²) in [6, 6.07) is 10.5. The zero-order chi connectivity index (χ0) is 14.1. The fourth-order valence-corrected chi connectivity index (χ4v) is 4.35. The summed E-state index contributed by atoms with van der Waals surface area (Å²) in [7, 11) is 0. The average Bonchev–Trinajstić information content (AvgIpc) is 3.00. The highest BCUT2D eigenvalue weighted by Crippen LogP contribution is 2.38. The second kappa shape index (κ2) is 5.68. The van der Waals surface area contributed by atoms with Crippen molar-refractivity contribution >= 4 is 11.3 Å². The van der Waals surface area contributed by atoms with Crippen LogP contribution < -0.4 is 5.73 Å². The zero-order valence-corrected chi connectivity index (χ0v) is 12.6. The number of hydrogen-bond acceptors (Lipinski definition) is 3. The summed E-state index contributed by atoms with van der Waals surface area (Å²) in [5.74, 6) is -0.0197. The smallest absolute Gasteiger partial charge is 0.0962 e. The Morgan fingerprint density at radius 1 is 1.30 bits per heavy atom. The second-order valence-corrected chi connectivity index (χ2v) is 6.82. The van der Waals surface area contributed by atoms with Crippen molar-refractivity contribution < 1.29 is 5.11 Å². The van der Waals surface area contributed by atoms with Crippen LogP contribution in [0.5, 0.6) is 0 Å². The zero-order valence-electron chi connectivity index (χ0n) is 11.8. The maximum Gasteiger partial charge on any atom is 0.0962 e. The molecule has 0 radical (unpaired) electrons. The Morgan fingerprint density at radius 2 is 2.15 bits per heavy atom. The van der Waals surface area contributed by atoms with Crippen LogP contribution in [0.3, 0.4) is 0 Å². The predicted molar refractivity (Wildman–Crippen MR) is 84.3 cm³/mol. The molecule has 0 saturated heterocycles. The lowest BCUT2D eigenvalue weighted by Crippen LogP contribution is -2.19. The van der Waals surface area contributed by atoms with Crippen molar-refractivity contribution in [1.82, 2.24) is 0 Å². The minimum atomic E-state index is -0.489. The third-order valence-corrected chi connectivity index (χ3v) is 5.47. The molecule has 1 aliphatic carbocycles. The number of nitrogens with two attached hydrogens (primary N) is 1. The highest BCUT2D eigenvalue weighted by Gasteiger charge is 2.25. The van der Waals surface area contributed by atoms with Gasteiger partial charge in [-0.1, -0.05) is 29.8 Å². The predicted octanol–water partition coefficient (Wildman–Crippen LogP) is 3.32. The Labute approximate surface area is 124 Å². The Kier molecular flexibility index (Phi) is 3.92. The lowest BCUT2D eigenvalue weighted by molar-refractivity contribution is 0.151. The molecule has 0 spiro atoms. The Morgan fingerprint density at radius 3 is 2.85 bits per heavy atom. The number of rotatable bonds is 4. The molecule has 3 heteroatoms. The third kappa shape index (κ3) is 2.53. The maximum absolute atomic E-state index is 10.7. The first-order valence-electron chi connectivity index (χ1n) is 7.25. The molecule has 1 heterocycles. The van der Waals surface area contributed by atoms with Crippen LogP contribution >= 0.6 is 11.3 Å². The molecule has 3 rings (SSSR count). The molecule has 0 aliphatic heterocycles. The lowest BCUT2D eigenvalue weighted by Gasteiger charge is -2.21. The van der Waals surface area contributed by atoms with Gasteiger partial charge in [0.15, 0.2) is 0 Å².